The second-order valence-electron chi connectivity index (χ2n) is 4.36. The van der Waals surface area contributed by atoms with E-state index in [1.807, 2.05) is 34.9 Å². The summed E-state index contributed by atoms with van der Waals surface area (Å²) in [5.41, 5.74) is 2.87. The highest BCUT2D eigenvalue weighted by atomic mass is 16.1. The summed E-state index contributed by atoms with van der Waals surface area (Å²) in [5.74, 6) is 0.0813. The lowest BCUT2D eigenvalue weighted by Gasteiger charge is -2.00. The normalized spacial score (nSPS) is 10.9. The topological polar surface area (TPSA) is 22.0 Å². The Bertz CT molecular complexity index is 780. The van der Waals surface area contributed by atoms with Crippen molar-refractivity contribution in [3.8, 4) is 0 Å². The van der Waals surface area contributed by atoms with E-state index in [0.29, 0.717) is 0 Å². The number of Topliss-reactive ketones (excluding diaryl/α,β-unsaturated/α-hetero) is 1. The SMILES string of the molecule is C=Cn1c2ccccc2c2ccc(C(C)=O)cc21. The van der Waals surface area contributed by atoms with Gasteiger partial charge >= 0.3 is 0 Å². The Hall–Kier alpha value is -2.35. The molecule has 0 fully saturated rings. The molecular weight excluding hydrogens is 222 g/mol. The zero-order valence-electron chi connectivity index (χ0n) is 10.2. The highest BCUT2D eigenvalue weighted by Crippen LogP contribution is 2.29. The maximum absolute atomic E-state index is 11.5. The molecule has 0 aliphatic heterocycles. The maximum Gasteiger partial charge on any atom is 0.159 e. The van der Waals surface area contributed by atoms with Gasteiger partial charge in [-0.1, -0.05) is 36.9 Å². The van der Waals surface area contributed by atoms with E-state index in [4.69, 9.17) is 0 Å². The average molecular weight is 235 g/mol. The van der Waals surface area contributed by atoms with E-state index in [1.54, 1.807) is 13.1 Å². The molecule has 88 valence electrons. The van der Waals surface area contributed by atoms with E-state index in [2.05, 4.69) is 18.7 Å². The number of nitrogens with zero attached hydrogens (tertiary/aromatic N) is 1. The zero-order valence-corrected chi connectivity index (χ0v) is 10.2. The fourth-order valence-corrected chi connectivity index (χ4v) is 2.42. The molecule has 0 N–H and O–H groups in total. The van der Waals surface area contributed by atoms with Crippen LogP contribution >= 0.6 is 0 Å². The van der Waals surface area contributed by atoms with Crippen LogP contribution in [0.1, 0.15) is 17.3 Å². The van der Waals surface area contributed by atoms with Gasteiger partial charge in [0.15, 0.2) is 5.78 Å². The molecule has 0 radical (unpaired) electrons. The van der Waals surface area contributed by atoms with Crippen molar-refractivity contribution < 1.29 is 4.79 Å². The Kier molecular flexibility index (Phi) is 2.30. The molecule has 2 heteroatoms. The molecular formula is C16H13NO. The van der Waals surface area contributed by atoms with Crippen LogP contribution in [0.15, 0.2) is 49.0 Å². The van der Waals surface area contributed by atoms with E-state index in [-0.39, 0.29) is 5.78 Å². The van der Waals surface area contributed by atoms with Crippen molar-refractivity contribution in [3.05, 3.63) is 54.6 Å². The largest absolute Gasteiger partial charge is 0.317 e. The molecule has 0 saturated heterocycles. The first-order valence-electron chi connectivity index (χ1n) is 5.88. The van der Waals surface area contributed by atoms with Gasteiger partial charge in [0.1, 0.15) is 0 Å². The van der Waals surface area contributed by atoms with Crippen LogP contribution in [0, 0.1) is 0 Å². The van der Waals surface area contributed by atoms with Crippen molar-refractivity contribution in [1.82, 2.24) is 4.57 Å². The highest BCUT2D eigenvalue weighted by molar-refractivity contribution is 6.11. The first kappa shape index (κ1) is 10.8. The summed E-state index contributed by atoms with van der Waals surface area (Å²) < 4.78 is 2.02. The van der Waals surface area contributed by atoms with Gasteiger partial charge in [-0.15, -0.1) is 0 Å². The van der Waals surface area contributed by atoms with Gasteiger partial charge in [-0.3, -0.25) is 4.79 Å². The molecule has 0 saturated carbocycles. The van der Waals surface area contributed by atoms with Crippen LogP contribution in [0.2, 0.25) is 0 Å². The fourth-order valence-electron chi connectivity index (χ4n) is 2.42. The number of para-hydroxylation sites is 1. The standard InChI is InChI=1S/C16H13NO/c1-3-17-15-7-5-4-6-13(15)14-9-8-12(11(2)18)10-16(14)17/h3-10H,1H2,2H3. The van der Waals surface area contributed by atoms with E-state index in [9.17, 15) is 4.79 Å². The van der Waals surface area contributed by atoms with Gasteiger partial charge in [-0.2, -0.15) is 0 Å². The number of benzene rings is 2. The van der Waals surface area contributed by atoms with Gasteiger partial charge in [0.2, 0.25) is 0 Å². The van der Waals surface area contributed by atoms with Gasteiger partial charge in [0.05, 0.1) is 11.0 Å². The van der Waals surface area contributed by atoms with Crippen molar-refractivity contribution >= 4 is 33.8 Å². The summed E-state index contributed by atoms with van der Waals surface area (Å²) in [7, 11) is 0. The number of rotatable bonds is 2. The van der Waals surface area contributed by atoms with Crippen LogP contribution < -0.4 is 0 Å². The van der Waals surface area contributed by atoms with E-state index < -0.39 is 0 Å². The molecule has 0 aliphatic rings. The predicted molar refractivity (Wildman–Crippen MR) is 75.8 cm³/mol. The van der Waals surface area contributed by atoms with Gasteiger partial charge < -0.3 is 4.57 Å². The Morgan fingerprint density at radius 1 is 1.11 bits per heavy atom. The van der Waals surface area contributed by atoms with Crippen LogP contribution in [0.4, 0.5) is 0 Å². The van der Waals surface area contributed by atoms with Crippen molar-refractivity contribution in [2.24, 2.45) is 0 Å². The summed E-state index contributed by atoms with van der Waals surface area (Å²) in [4.78, 5) is 11.5. The minimum Gasteiger partial charge on any atom is -0.317 e. The summed E-state index contributed by atoms with van der Waals surface area (Å²) in [5, 5.41) is 2.33. The Morgan fingerprint density at radius 3 is 2.56 bits per heavy atom. The smallest absolute Gasteiger partial charge is 0.159 e. The number of fused-ring (bicyclic) bond motifs is 3. The van der Waals surface area contributed by atoms with E-state index in [0.717, 1.165) is 22.0 Å². The molecule has 0 spiro atoms. The van der Waals surface area contributed by atoms with Crippen molar-refractivity contribution in [1.29, 1.82) is 0 Å². The van der Waals surface area contributed by atoms with Gasteiger partial charge in [0.25, 0.3) is 0 Å². The Balaban J connectivity index is 2.52. The molecule has 0 bridgehead atoms. The third-order valence-electron chi connectivity index (χ3n) is 3.30. The lowest BCUT2D eigenvalue weighted by Crippen LogP contribution is -1.92. The average Bonchev–Trinajstić information content (AvgIpc) is 2.71. The van der Waals surface area contributed by atoms with Crippen molar-refractivity contribution in [2.45, 2.75) is 6.92 Å². The molecule has 3 aromatic rings. The molecule has 0 atom stereocenters. The number of hydrogen-bond donors (Lipinski definition) is 0. The third-order valence-corrected chi connectivity index (χ3v) is 3.30. The molecule has 18 heavy (non-hydrogen) atoms. The quantitative estimate of drug-likeness (QED) is 0.613. The highest BCUT2D eigenvalue weighted by Gasteiger charge is 2.09. The molecule has 1 aromatic heterocycles. The zero-order chi connectivity index (χ0) is 12.7. The van der Waals surface area contributed by atoms with Crippen LogP contribution in [0.5, 0.6) is 0 Å². The van der Waals surface area contributed by atoms with E-state index >= 15 is 0 Å². The van der Waals surface area contributed by atoms with Gasteiger partial charge in [-0.05, 0) is 19.1 Å². The van der Waals surface area contributed by atoms with Crippen molar-refractivity contribution in [3.63, 3.8) is 0 Å². The van der Waals surface area contributed by atoms with E-state index in [1.165, 1.54) is 5.39 Å². The number of ketones is 1. The number of carbonyl (C=O) groups excluding carboxylic acids is 1. The molecule has 0 amide bonds. The third kappa shape index (κ3) is 1.39. The molecule has 2 nitrogen and oxygen atoms in total. The summed E-state index contributed by atoms with van der Waals surface area (Å²) in [6, 6.07) is 14.0. The van der Waals surface area contributed by atoms with Gasteiger partial charge in [-0.25, -0.2) is 0 Å². The fraction of sp³-hybridized carbons (Fsp3) is 0.0625. The minimum atomic E-state index is 0.0813. The first-order valence-corrected chi connectivity index (χ1v) is 5.88. The monoisotopic (exact) mass is 235 g/mol. The minimum absolute atomic E-state index is 0.0813. The van der Waals surface area contributed by atoms with Crippen LogP contribution in [-0.4, -0.2) is 10.4 Å². The summed E-state index contributed by atoms with van der Waals surface area (Å²) in [6.07, 6.45) is 1.79. The maximum atomic E-state index is 11.5. The molecule has 0 aliphatic carbocycles. The summed E-state index contributed by atoms with van der Waals surface area (Å²) >= 11 is 0. The lowest BCUT2D eigenvalue weighted by molar-refractivity contribution is 0.101. The van der Waals surface area contributed by atoms with Gasteiger partial charge in [0, 0.05) is 22.5 Å². The molecule has 3 rings (SSSR count). The molecule has 0 unspecified atom stereocenters. The second kappa shape index (κ2) is 3.84. The number of hydrogen-bond acceptors (Lipinski definition) is 1. The second-order valence-corrected chi connectivity index (χ2v) is 4.36. The van der Waals surface area contributed by atoms with Crippen LogP contribution in [-0.2, 0) is 0 Å². The predicted octanol–water partition coefficient (Wildman–Crippen LogP) is 4.10. The summed E-state index contributed by atoms with van der Waals surface area (Å²) in [6.45, 7) is 5.44. The van der Waals surface area contributed by atoms with Crippen LogP contribution in [0.25, 0.3) is 28.0 Å². The number of aromatic nitrogens is 1. The lowest BCUT2D eigenvalue weighted by atomic mass is 10.1. The first-order chi connectivity index (χ1) is 8.72. The van der Waals surface area contributed by atoms with Crippen LogP contribution in [0.3, 0.4) is 0 Å². The Labute approximate surface area is 105 Å². The molecule has 1 heterocycles. The molecule has 2 aromatic carbocycles. The number of carbonyl (C=O) groups is 1. The Morgan fingerprint density at radius 2 is 1.83 bits per heavy atom. The van der Waals surface area contributed by atoms with Crippen molar-refractivity contribution in [2.75, 3.05) is 0 Å².